The third-order valence-corrected chi connectivity index (χ3v) is 6.02. The van der Waals surface area contributed by atoms with Crippen molar-refractivity contribution in [1.82, 2.24) is 20.0 Å². The van der Waals surface area contributed by atoms with E-state index < -0.39 is 0 Å². The predicted octanol–water partition coefficient (Wildman–Crippen LogP) is 3.54. The van der Waals surface area contributed by atoms with Gasteiger partial charge in [-0.3, -0.25) is 4.79 Å². The minimum atomic E-state index is -0.337. The number of amides is 1. The van der Waals surface area contributed by atoms with Crippen LogP contribution in [0.2, 0.25) is 0 Å². The number of nitrogens with zero attached hydrogens (tertiary/aromatic N) is 4. The molecule has 1 aliphatic rings. The maximum atomic E-state index is 13.2. The van der Waals surface area contributed by atoms with Gasteiger partial charge in [-0.1, -0.05) is 5.16 Å². The summed E-state index contributed by atoms with van der Waals surface area (Å²) in [6.45, 7) is 1.72. The molecule has 7 nitrogen and oxygen atoms in total. The van der Waals surface area contributed by atoms with Gasteiger partial charge in [0, 0.05) is 43.2 Å². The minimum Gasteiger partial charge on any atom is -0.385 e. The van der Waals surface area contributed by atoms with E-state index in [-0.39, 0.29) is 17.1 Å². The van der Waals surface area contributed by atoms with Gasteiger partial charge in [0.2, 0.25) is 0 Å². The fraction of sp³-hybridized carbons (Fsp3) is 0.400. The molecule has 0 N–H and O–H groups in total. The van der Waals surface area contributed by atoms with Crippen LogP contribution in [0.1, 0.15) is 35.6 Å². The highest BCUT2D eigenvalue weighted by molar-refractivity contribution is 7.07. The first-order valence-corrected chi connectivity index (χ1v) is 10.3. The van der Waals surface area contributed by atoms with Gasteiger partial charge in [0.25, 0.3) is 11.8 Å². The summed E-state index contributed by atoms with van der Waals surface area (Å²) in [7, 11) is 1.66. The van der Waals surface area contributed by atoms with Crippen LogP contribution >= 0.6 is 11.3 Å². The third-order valence-electron chi connectivity index (χ3n) is 5.44. The van der Waals surface area contributed by atoms with E-state index >= 15 is 0 Å². The summed E-state index contributed by atoms with van der Waals surface area (Å²) in [6.07, 6.45) is 2.13. The van der Waals surface area contributed by atoms with Gasteiger partial charge in [-0.25, -0.2) is 9.37 Å². The van der Waals surface area contributed by atoms with Crippen molar-refractivity contribution in [3.8, 4) is 11.5 Å². The SMILES string of the molecule is COCCC1(c2noc(-c3ccc(F)cc3)n2)CCN(C(=O)c2cscn2)CC1. The van der Waals surface area contributed by atoms with Crippen LogP contribution in [0.25, 0.3) is 11.5 Å². The number of carbonyl (C=O) groups excluding carboxylic acids is 1. The van der Waals surface area contributed by atoms with Crippen LogP contribution in [0.3, 0.4) is 0 Å². The monoisotopic (exact) mass is 416 g/mol. The lowest BCUT2D eigenvalue weighted by atomic mass is 9.75. The number of piperidine rings is 1. The molecule has 2 aromatic heterocycles. The summed E-state index contributed by atoms with van der Waals surface area (Å²) < 4.78 is 24.0. The molecule has 3 aromatic rings. The van der Waals surface area contributed by atoms with Gasteiger partial charge in [-0.2, -0.15) is 4.98 Å². The van der Waals surface area contributed by atoms with Crippen molar-refractivity contribution in [3.63, 3.8) is 0 Å². The second-order valence-electron chi connectivity index (χ2n) is 7.12. The molecule has 0 spiro atoms. The zero-order valence-electron chi connectivity index (χ0n) is 16.0. The van der Waals surface area contributed by atoms with Crippen molar-refractivity contribution in [2.75, 3.05) is 26.8 Å². The topological polar surface area (TPSA) is 81.4 Å². The van der Waals surface area contributed by atoms with Gasteiger partial charge in [-0.05, 0) is 43.5 Å². The van der Waals surface area contributed by atoms with E-state index in [9.17, 15) is 9.18 Å². The van der Waals surface area contributed by atoms with E-state index in [1.165, 1.54) is 23.5 Å². The first-order chi connectivity index (χ1) is 14.1. The van der Waals surface area contributed by atoms with Crippen molar-refractivity contribution in [3.05, 3.63) is 52.5 Å². The molecular formula is C20H21FN4O3S. The summed E-state index contributed by atoms with van der Waals surface area (Å²) in [6, 6.07) is 5.96. The maximum Gasteiger partial charge on any atom is 0.273 e. The standard InChI is InChI=1S/C20H21FN4O3S/c1-27-11-8-20(6-9-25(10-7-20)18(26)16-12-29-13-22-16)19-23-17(28-24-19)14-2-4-15(21)5-3-14/h2-5,12-13H,6-11H2,1H3. The first kappa shape index (κ1) is 19.7. The fourth-order valence-corrected chi connectivity index (χ4v) is 4.18. The van der Waals surface area contributed by atoms with Gasteiger partial charge < -0.3 is 14.2 Å². The molecule has 4 rings (SSSR count). The number of hydrogen-bond donors (Lipinski definition) is 0. The second kappa shape index (κ2) is 8.38. The molecule has 9 heteroatoms. The van der Waals surface area contributed by atoms with Crippen LogP contribution < -0.4 is 0 Å². The predicted molar refractivity (Wildman–Crippen MR) is 105 cm³/mol. The number of methoxy groups -OCH3 is 1. The molecule has 1 amide bonds. The van der Waals surface area contributed by atoms with Crippen molar-refractivity contribution in [2.24, 2.45) is 0 Å². The fourth-order valence-electron chi connectivity index (χ4n) is 3.65. The van der Waals surface area contributed by atoms with Crippen LogP contribution in [-0.2, 0) is 10.2 Å². The Balaban J connectivity index is 1.54. The van der Waals surface area contributed by atoms with E-state index in [0.717, 1.165) is 6.42 Å². The molecule has 0 atom stereocenters. The van der Waals surface area contributed by atoms with E-state index in [0.29, 0.717) is 55.5 Å². The molecule has 1 saturated heterocycles. The van der Waals surface area contributed by atoms with E-state index in [1.807, 2.05) is 4.90 Å². The number of halogens is 1. The highest BCUT2D eigenvalue weighted by atomic mass is 32.1. The Hall–Kier alpha value is -2.65. The highest BCUT2D eigenvalue weighted by Crippen LogP contribution is 2.38. The quantitative estimate of drug-likeness (QED) is 0.611. The van der Waals surface area contributed by atoms with Crippen LogP contribution in [0.15, 0.2) is 39.7 Å². The zero-order valence-corrected chi connectivity index (χ0v) is 16.8. The largest absolute Gasteiger partial charge is 0.385 e. The van der Waals surface area contributed by atoms with Crippen molar-refractivity contribution in [2.45, 2.75) is 24.7 Å². The molecule has 0 saturated carbocycles. The van der Waals surface area contributed by atoms with Crippen LogP contribution in [-0.4, -0.2) is 52.7 Å². The Bertz CT molecular complexity index is 951. The summed E-state index contributed by atoms with van der Waals surface area (Å²) in [5.74, 6) is 0.598. The molecular weight excluding hydrogens is 395 g/mol. The Labute approximate surface area is 171 Å². The highest BCUT2D eigenvalue weighted by Gasteiger charge is 2.41. The van der Waals surface area contributed by atoms with Crippen molar-refractivity contribution >= 4 is 17.2 Å². The molecule has 0 aliphatic carbocycles. The summed E-state index contributed by atoms with van der Waals surface area (Å²) in [4.78, 5) is 23.2. The number of hydrogen-bond acceptors (Lipinski definition) is 7. The van der Waals surface area contributed by atoms with Crippen LogP contribution in [0.5, 0.6) is 0 Å². The number of ether oxygens (including phenoxy) is 1. The van der Waals surface area contributed by atoms with Gasteiger partial charge in [0.05, 0.1) is 5.51 Å². The summed E-state index contributed by atoms with van der Waals surface area (Å²) >= 11 is 1.41. The Morgan fingerprint density at radius 2 is 2.07 bits per heavy atom. The number of carbonyl (C=O) groups is 1. The van der Waals surface area contributed by atoms with Crippen LogP contribution in [0.4, 0.5) is 4.39 Å². The van der Waals surface area contributed by atoms with Crippen LogP contribution in [0, 0.1) is 5.82 Å². The van der Waals surface area contributed by atoms with Crippen molar-refractivity contribution in [1.29, 1.82) is 0 Å². The zero-order chi connectivity index (χ0) is 20.3. The van der Waals surface area contributed by atoms with E-state index in [4.69, 9.17) is 9.26 Å². The number of thiazole rings is 1. The first-order valence-electron chi connectivity index (χ1n) is 9.38. The Morgan fingerprint density at radius 3 is 2.72 bits per heavy atom. The molecule has 1 fully saturated rings. The average Bonchev–Trinajstić information content (AvgIpc) is 3.45. The third kappa shape index (κ3) is 4.06. The molecule has 1 aromatic carbocycles. The number of likely N-dealkylation sites (tertiary alicyclic amines) is 1. The van der Waals surface area contributed by atoms with E-state index in [1.54, 1.807) is 30.1 Å². The Morgan fingerprint density at radius 1 is 1.31 bits per heavy atom. The molecule has 0 bridgehead atoms. The van der Waals surface area contributed by atoms with Crippen molar-refractivity contribution < 1.29 is 18.4 Å². The number of rotatable bonds is 6. The number of benzene rings is 1. The molecule has 3 heterocycles. The van der Waals surface area contributed by atoms with Gasteiger partial charge >= 0.3 is 0 Å². The minimum absolute atomic E-state index is 0.0493. The smallest absolute Gasteiger partial charge is 0.273 e. The maximum absolute atomic E-state index is 13.2. The lowest BCUT2D eigenvalue weighted by Gasteiger charge is -2.39. The van der Waals surface area contributed by atoms with Gasteiger partial charge in [-0.15, -0.1) is 11.3 Å². The molecule has 0 radical (unpaired) electrons. The number of aromatic nitrogens is 3. The Kier molecular flexibility index (Phi) is 5.68. The molecule has 29 heavy (non-hydrogen) atoms. The van der Waals surface area contributed by atoms with Gasteiger partial charge in [0.1, 0.15) is 11.5 Å². The van der Waals surface area contributed by atoms with Gasteiger partial charge in [0.15, 0.2) is 5.82 Å². The van der Waals surface area contributed by atoms with E-state index in [2.05, 4.69) is 15.1 Å². The normalized spacial score (nSPS) is 16.1. The second-order valence-corrected chi connectivity index (χ2v) is 7.84. The lowest BCUT2D eigenvalue weighted by molar-refractivity contribution is 0.0611. The lowest BCUT2D eigenvalue weighted by Crippen LogP contribution is -2.46. The molecule has 1 aliphatic heterocycles. The average molecular weight is 416 g/mol. The molecule has 0 unspecified atom stereocenters. The molecule has 152 valence electrons. The summed E-state index contributed by atoms with van der Waals surface area (Å²) in [5, 5.41) is 6.00. The summed E-state index contributed by atoms with van der Waals surface area (Å²) in [5.41, 5.74) is 2.48.